The van der Waals surface area contributed by atoms with E-state index in [2.05, 4.69) is 22.6 Å². The molecule has 0 unspecified atom stereocenters. The highest BCUT2D eigenvalue weighted by Gasteiger charge is 2.44. The van der Waals surface area contributed by atoms with Gasteiger partial charge in [0.05, 0.1) is 28.2 Å². The van der Waals surface area contributed by atoms with E-state index in [9.17, 15) is 14.4 Å². The first-order chi connectivity index (χ1) is 19.3. The van der Waals surface area contributed by atoms with Gasteiger partial charge in [0, 0.05) is 5.39 Å². The predicted molar refractivity (Wildman–Crippen MR) is 165 cm³/mol. The Morgan fingerprint density at radius 1 is 0.800 bits per heavy atom. The molecule has 0 bridgehead atoms. The number of carbonyl (C=O) groups excluding carboxylic acids is 3. The van der Waals surface area contributed by atoms with E-state index in [4.69, 9.17) is 9.47 Å². The Bertz CT molecular complexity index is 1660. The number of aryl methyl sites for hydroxylation is 1. The molecule has 1 heterocycles. The maximum Gasteiger partial charge on any atom is 0.343 e. The molecule has 1 fully saturated rings. The molecule has 0 spiro atoms. The summed E-state index contributed by atoms with van der Waals surface area (Å²) in [5, 5.41) is 1.59. The Kier molecular flexibility index (Phi) is 7.88. The highest BCUT2D eigenvalue weighted by molar-refractivity contribution is 14.1. The number of fused-ring (bicyclic) bond motifs is 1. The van der Waals surface area contributed by atoms with Crippen LogP contribution in [0.1, 0.15) is 25.0 Å². The number of hydrogen-bond acceptors (Lipinski definition) is 5. The molecular formula is C32H27IN2O5. The number of benzene rings is 4. The monoisotopic (exact) mass is 646 g/mol. The average Bonchev–Trinajstić information content (AvgIpc) is 2.94. The third-order valence-electron chi connectivity index (χ3n) is 6.48. The molecule has 202 valence electrons. The number of urea groups is 1. The molecule has 1 aliphatic rings. The first kappa shape index (κ1) is 27.4. The van der Waals surface area contributed by atoms with Crippen molar-refractivity contribution in [3.8, 4) is 11.5 Å². The van der Waals surface area contributed by atoms with Gasteiger partial charge in [-0.3, -0.25) is 9.59 Å². The number of imide groups is 2. The standard InChI is InChI=1S/C32H27IN2O5/c1-4-39-28-19-21(18-26(33)29(28)40-5-2)17-25-30(36)34(23-15-13-20(3)14-16-23)32(38)35(31(25)37)27-12-8-10-22-9-6-7-11-24(22)27/h6-19H,4-5H2,1-3H3/b25-17+. The Morgan fingerprint density at radius 3 is 2.20 bits per heavy atom. The maximum absolute atomic E-state index is 14.0. The second kappa shape index (κ2) is 11.5. The van der Waals surface area contributed by atoms with Crippen molar-refractivity contribution < 1.29 is 23.9 Å². The van der Waals surface area contributed by atoms with Crippen molar-refractivity contribution in [3.05, 3.63) is 99.1 Å². The minimum Gasteiger partial charge on any atom is -0.490 e. The van der Waals surface area contributed by atoms with Gasteiger partial charge in [-0.05, 0) is 90.7 Å². The van der Waals surface area contributed by atoms with Crippen molar-refractivity contribution in [2.75, 3.05) is 23.0 Å². The SMILES string of the molecule is CCOc1cc(/C=C2\C(=O)N(c3ccc(C)cc3)C(=O)N(c3cccc4ccccc34)C2=O)cc(I)c1OCC. The fourth-order valence-electron chi connectivity index (χ4n) is 4.65. The summed E-state index contributed by atoms with van der Waals surface area (Å²) in [7, 11) is 0. The smallest absolute Gasteiger partial charge is 0.343 e. The lowest BCUT2D eigenvalue weighted by atomic mass is 10.0. The topological polar surface area (TPSA) is 76.2 Å². The molecule has 40 heavy (non-hydrogen) atoms. The fourth-order valence-corrected chi connectivity index (χ4v) is 5.43. The van der Waals surface area contributed by atoms with Crippen molar-refractivity contribution in [1.29, 1.82) is 0 Å². The number of carbonyl (C=O) groups is 3. The van der Waals surface area contributed by atoms with Gasteiger partial charge in [0.25, 0.3) is 11.8 Å². The Hall–Kier alpha value is -4.18. The van der Waals surface area contributed by atoms with Crippen molar-refractivity contribution in [2.45, 2.75) is 20.8 Å². The number of anilines is 2. The lowest BCUT2D eigenvalue weighted by Gasteiger charge is -2.34. The highest BCUT2D eigenvalue weighted by atomic mass is 127. The Labute approximate surface area is 246 Å². The van der Waals surface area contributed by atoms with Crippen molar-refractivity contribution in [3.63, 3.8) is 0 Å². The molecule has 1 saturated heterocycles. The summed E-state index contributed by atoms with van der Waals surface area (Å²) in [6, 6.07) is 22.8. The van der Waals surface area contributed by atoms with Crippen LogP contribution in [0.5, 0.6) is 11.5 Å². The van der Waals surface area contributed by atoms with Crippen LogP contribution < -0.4 is 19.3 Å². The molecule has 0 atom stereocenters. The molecule has 1 aliphatic heterocycles. The molecule has 0 saturated carbocycles. The number of amides is 4. The van der Waals surface area contributed by atoms with Crippen molar-refractivity contribution in [1.82, 2.24) is 0 Å². The van der Waals surface area contributed by atoms with E-state index in [1.165, 1.54) is 6.08 Å². The number of rotatable bonds is 7. The minimum atomic E-state index is -0.733. The quantitative estimate of drug-likeness (QED) is 0.121. The van der Waals surface area contributed by atoms with E-state index in [0.717, 1.165) is 29.7 Å². The van der Waals surface area contributed by atoms with Gasteiger partial charge in [0.15, 0.2) is 11.5 Å². The van der Waals surface area contributed by atoms with Crippen LogP contribution in [0.4, 0.5) is 16.2 Å². The molecule has 4 aromatic carbocycles. The van der Waals surface area contributed by atoms with Gasteiger partial charge < -0.3 is 9.47 Å². The number of barbiturate groups is 1. The first-order valence-electron chi connectivity index (χ1n) is 12.9. The first-order valence-corrected chi connectivity index (χ1v) is 14.0. The van der Waals surface area contributed by atoms with E-state index < -0.39 is 17.8 Å². The molecular weight excluding hydrogens is 619 g/mol. The van der Waals surface area contributed by atoms with E-state index >= 15 is 0 Å². The Balaban J connectivity index is 1.70. The molecule has 0 aromatic heterocycles. The maximum atomic E-state index is 14.0. The summed E-state index contributed by atoms with van der Waals surface area (Å²) in [5.41, 5.74) is 2.19. The zero-order valence-corrected chi connectivity index (χ0v) is 24.5. The second-order valence-electron chi connectivity index (χ2n) is 9.15. The van der Waals surface area contributed by atoms with Crippen LogP contribution in [-0.2, 0) is 9.59 Å². The number of ether oxygens (including phenoxy) is 2. The van der Waals surface area contributed by atoms with E-state index in [-0.39, 0.29) is 5.57 Å². The summed E-state index contributed by atoms with van der Waals surface area (Å²) >= 11 is 2.14. The van der Waals surface area contributed by atoms with Crippen molar-refractivity contribution >= 4 is 68.7 Å². The Morgan fingerprint density at radius 2 is 1.48 bits per heavy atom. The van der Waals surface area contributed by atoms with Crippen molar-refractivity contribution in [2.24, 2.45) is 0 Å². The van der Waals surface area contributed by atoms with Crippen LogP contribution in [-0.4, -0.2) is 31.1 Å². The van der Waals surface area contributed by atoms with E-state index in [0.29, 0.717) is 41.7 Å². The van der Waals surface area contributed by atoms with Crippen LogP contribution in [0.15, 0.2) is 84.4 Å². The predicted octanol–water partition coefficient (Wildman–Crippen LogP) is 7.13. The van der Waals surface area contributed by atoms with Crippen LogP contribution in [0, 0.1) is 10.5 Å². The molecule has 0 aliphatic carbocycles. The summed E-state index contributed by atoms with van der Waals surface area (Å²) < 4.78 is 12.3. The zero-order chi connectivity index (χ0) is 28.4. The number of hydrogen-bond donors (Lipinski definition) is 0. The molecule has 0 radical (unpaired) electrons. The summed E-state index contributed by atoms with van der Waals surface area (Å²) in [6.45, 7) is 6.55. The number of nitrogens with zero attached hydrogens (tertiary/aromatic N) is 2. The zero-order valence-electron chi connectivity index (χ0n) is 22.3. The van der Waals surface area contributed by atoms with Gasteiger partial charge in [0.1, 0.15) is 5.57 Å². The van der Waals surface area contributed by atoms with Crippen LogP contribution >= 0.6 is 22.6 Å². The lowest BCUT2D eigenvalue weighted by molar-refractivity contribution is -0.121. The van der Waals surface area contributed by atoms with Crippen LogP contribution in [0.25, 0.3) is 16.8 Å². The van der Waals surface area contributed by atoms with E-state index in [1.807, 2.05) is 69.3 Å². The third kappa shape index (κ3) is 5.06. The van der Waals surface area contributed by atoms with Gasteiger partial charge in [-0.2, -0.15) is 0 Å². The average molecular weight is 646 g/mol. The van der Waals surface area contributed by atoms with E-state index in [1.54, 1.807) is 30.3 Å². The molecule has 7 nitrogen and oxygen atoms in total. The normalized spacial score (nSPS) is 14.8. The van der Waals surface area contributed by atoms with Crippen LogP contribution in [0.2, 0.25) is 0 Å². The summed E-state index contributed by atoms with van der Waals surface area (Å²) in [5.74, 6) is -0.285. The largest absolute Gasteiger partial charge is 0.490 e. The third-order valence-corrected chi connectivity index (χ3v) is 7.28. The van der Waals surface area contributed by atoms with Gasteiger partial charge >= 0.3 is 6.03 Å². The van der Waals surface area contributed by atoms with Crippen LogP contribution in [0.3, 0.4) is 0 Å². The minimum absolute atomic E-state index is 0.143. The lowest BCUT2D eigenvalue weighted by Crippen LogP contribution is -2.57. The molecule has 4 aromatic rings. The molecule has 4 amide bonds. The van der Waals surface area contributed by atoms with Gasteiger partial charge in [-0.25, -0.2) is 14.6 Å². The molecule has 0 N–H and O–H groups in total. The van der Waals surface area contributed by atoms with Gasteiger partial charge in [0.2, 0.25) is 0 Å². The molecule has 5 rings (SSSR count). The summed E-state index contributed by atoms with van der Waals surface area (Å²) in [6.07, 6.45) is 1.51. The van der Waals surface area contributed by atoms with Gasteiger partial charge in [-0.15, -0.1) is 0 Å². The second-order valence-corrected chi connectivity index (χ2v) is 10.3. The highest BCUT2D eigenvalue weighted by Crippen LogP contribution is 2.37. The van der Waals surface area contributed by atoms with Gasteiger partial charge in [-0.1, -0.05) is 54.1 Å². The fraction of sp³-hybridized carbons (Fsp3) is 0.156. The summed E-state index contributed by atoms with van der Waals surface area (Å²) in [4.78, 5) is 44.0. The number of halogens is 1. The molecule has 8 heteroatoms.